The molecule has 0 bridgehead atoms. The zero-order valence-corrected chi connectivity index (χ0v) is 17.6. The van der Waals surface area contributed by atoms with Crippen molar-refractivity contribution >= 4 is 26.6 Å². The molecule has 0 aliphatic carbocycles. The van der Waals surface area contributed by atoms with E-state index in [1.807, 2.05) is 49.6 Å². The molecule has 6 nitrogen and oxygen atoms in total. The minimum Gasteiger partial charge on any atom is -0.371 e. The largest absolute Gasteiger partial charge is 0.371 e. The van der Waals surface area contributed by atoms with E-state index in [-0.39, 0.29) is 0 Å². The van der Waals surface area contributed by atoms with Crippen LogP contribution in [0.25, 0.3) is 10.9 Å². The van der Waals surface area contributed by atoms with Crippen molar-refractivity contribution in [2.45, 2.75) is 24.7 Å². The predicted molar refractivity (Wildman–Crippen MR) is 115 cm³/mol. The minimum atomic E-state index is -3.60. The molecule has 0 radical (unpaired) electrons. The van der Waals surface area contributed by atoms with Gasteiger partial charge in [0.2, 0.25) is 10.0 Å². The van der Waals surface area contributed by atoms with Crippen LogP contribution < -0.4 is 4.90 Å². The maximum atomic E-state index is 13.3. The monoisotopic (exact) mass is 410 g/mol. The Hall–Kier alpha value is -2.51. The molecule has 1 aromatic carbocycles. The van der Waals surface area contributed by atoms with Gasteiger partial charge in [-0.15, -0.1) is 0 Å². The van der Waals surface area contributed by atoms with E-state index in [0.717, 1.165) is 36.9 Å². The van der Waals surface area contributed by atoms with Crippen molar-refractivity contribution in [3.05, 3.63) is 60.6 Å². The molecule has 7 heteroatoms. The first-order chi connectivity index (χ1) is 13.9. The van der Waals surface area contributed by atoms with Gasteiger partial charge in [0.25, 0.3) is 0 Å². The van der Waals surface area contributed by atoms with E-state index < -0.39 is 10.0 Å². The summed E-state index contributed by atoms with van der Waals surface area (Å²) < 4.78 is 28.2. The third-order valence-electron chi connectivity index (χ3n) is 5.66. The summed E-state index contributed by atoms with van der Waals surface area (Å²) in [6.07, 6.45) is 7.19. The van der Waals surface area contributed by atoms with Crippen molar-refractivity contribution in [2.24, 2.45) is 5.92 Å². The van der Waals surface area contributed by atoms with Crippen molar-refractivity contribution < 1.29 is 8.42 Å². The van der Waals surface area contributed by atoms with E-state index in [9.17, 15) is 8.42 Å². The Kier molecular flexibility index (Phi) is 5.52. The first-order valence-corrected chi connectivity index (χ1v) is 11.4. The summed E-state index contributed by atoms with van der Waals surface area (Å²) in [5.41, 5.74) is 2.64. The lowest BCUT2D eigenvalue weighted by atomic mass is 9.96. The molecule has 1 fully saturated rings. The third-order valence-corrected chi connectivity index (χ3v) is 7.50. The molecule has 2 aromatic heterocycles. The number of fused-ring (bicyclic) bond motifs is 1. The van der Waals surface area contributed by atoms with Gasteiger partial charge in [-0.1, -0.05) is 6.07 Å². The lowest BCUT2D eigenvalue weighted by molar-refractivity contribution is 0.328. The molecule has 1 aliphatic heterocycles. The van der Waals surface area contributed by atoms with Gasteiger partial charge in [0, 0.05) is 56.3 Å². The second kappa shape index (κ2) is 8.08. The summed E-state index contributed by atoms with van der Waals surface area (Å²) in [6, 6.07) is 11.5. The van der Waals surface area contributed by atoms with Crippen molar-refractivity contribution in [3.63, 3.8) is 0 Å². The lowest BCUT2D eigenvalue weighted by Crippen LogP contribution is -2.39. The number of anilines is 1. The summed E-state index contributed by atoms with van der Waals surface area (Å²) >= 11 is 0. The smallest absolute Gasteiger partial charge is 0.245 e. The van der Waals surface area contributed by atoms with Crippen molar-refractivity contribution in [1.29, 1.82) is 0 Å². The molecule has 0 saturated carbocycles. The number of rotatable bonds is 5. The summed E-state index contributed by atoms with van der Waals surface area (Å²) in [7, 11) is -1.92. The standard InChI is InChI=1S/C22H26N4O2S/c1-17-14-19-4-3-9-24-22(19)21(15-17)29(27,28)25(2)16-18-7-12-26(13-8-18)20-5-10-23-11-6-20/h3-6,9-11,14-15,18H,7-8,12-13,16H2,1-2H3. The molecule has 0 amide bonds. The Morgan fingerprint density at radius 1 is 1.10 bits per heavy atom. The van der Waals surface area contributed by atoms with Crippen LogP contribution >= 0.6 is 0 Å². The summed E-state index contributed by atoms with van der Waals surface area (Å²) in [4.78, 5) is 11.1. The lowest BCUT2D eigenvalue weighted by Gasteiger charge is -2.35. The van der Waals surface area contributed by atoms with Crippen LogP contribution in [0.15, 0.2) is 59.9 Å². The summed E-state index contributed by atoms with van der Waals surface area (Å²) in [5, 5.41) is 0.852. The molecule has 3 heterocycles. The average Bonchev–Trinajstić information content (AvgIpc) is 2.74. The molecule has 0 spiro atoms. The highest BCUT2D eigenvalue weighted by molar-refractivity contribution is 7.89. The van der Waals surface area contributed by atoms with E-state index in [1.165, 1.54) is 9.99 Å². The van der Waals surface area contributed by atoms with Crippen LogP contribution in [-0.2, 0) is 10.0 Å². The molecule has 1 aliphatic rings. The van der Waals surface area contributed by atoms with E-state index in [2.05, 4.69) is 14.9 Å². The second-order valence-corrected chi connectivity index (χ2v) is 9.77. The molecule has 0 N–H and O–H groups in total. The number of pyridine rings is 2. The van der Waals surface area contributed by atoms with Crippen LogP contribution in [0.5, 0.6) is 0 Å². The SMILES string of the molecule is Cc1cc(S(=O)(=O)N(C)CC2CCN(c3ccncc3)CC2)c2ncccc2c1. The van der Waals surface area contributed by atoms with Crippen LogP contribution in [0.3, 0.4) is 0 Å². The van der Waals surface area contributed by atoms with E-state index in [4.69, 9.17) is 0 Å². The van der Waals surface area contributed by atoms with Gasteiger partial charge in [-0.05, 0) is 61.6 Å². The molecule has 3 aromatic rings. The molecule has 4 rings (SSSR count). The molecule has 29 heavy (non-hydrogen) atoms. The molecule has 1 saturated heterocycles. The number of piperidine rings is 1. The predicted octanol–water partition coefficient (Wildman–Crippen LogP) is 3.48. The summed E-state index contributed by atoms with van der Waals surface area (Å²) in [6.45, 7) is 4.30. The second-order valence-electron chi connectivity index (χ2n) is 7.76. The number of aromatic nitrogens is 2. The Bertz CT molecular complexity index is 1090. The highest BCUT2D eigenvalue weighted by Crippen LogP contribution is 2.28. The molecular weight excluding hydrogens is 384 g/mol. The third kappa shape index (κ3) is 4.11. The maximum Gasteiger partial charge on any atom is 0.245 e. The van der Waals surface area contributed by atoms with Crippen molar-refractivity contribution in [1.82, 2.24) is 14.3 Å². The van der Waals surface area contributed by atoms with Gasteiger partial charge in [0.15, 0.2) is 0 Å². The zero-order chi connectivity index (χ0) is 20.4. The van der Waals surface area contributed by atoms with Gasteiger partial charge in [-0.3, -0.25) is 9.97 Å². The Labute approximate surface area is 172 Å². The van der Waals surface area contributed by atoms with Gasteiger partial charge in [0.05, 0.1) is 5.52 Å². The fourth-order valence-electron chi connectivity index (χ4n) is 4.06. The normalized spacial score (nSPS) is 15.9. The fourth-order valence-corrected chi connectivity index (χ4v) is 5.55. The number of nitrogens with zero attached hydrogens (tertiary/aromatic N) is 4. The topological polar surface area (TPSA) is 66.4 Å². The Morgan fingerprint density at radius 3 is 2.55 bits per heavy atom. The number of aryl methyl sites for hydroxylation is 1. The Morgan fingerprint density at radius 2 is 1.83 bits per heavy atom. The Balaban J connectivity index is 1.48. The van der Waals surface area contributed by atoms with E-state index in [0.29, 0.717) is 22.9 Å². The molecule has 0 unspecified atom stereocenters. The number of sulfonamides is 1. The first kappa shape index (κ1) is 19.8. The zero-order valence-electron chi connectivity index (χ0n) is 16.8. The summed E-state index contributed by atoms with van der Waals surface area (Å²) in [5.74, 6) is 0.344. The van der Waals surface area contributed by atoms with Crippen molar-refractivity contribution in [2.75, 3.05) is 31.6 Å². The van der Waals surface area contributed by atoms with Crippen LogP contribution in [0.4, 0.5) is 5.69 Å². The van der Waals surface area contributed by atoms with Gasteiger partial charge in [-0.25, -0.2) is 12.7 Å². The van der Waals surface area contributed by atoms with Gasteiger partial charge in [-0.2, -0.15) is 0 Å². The maximum absolute atomic E-state index is 13.3. The number of hydrogen-bond acceptors (Lipinski definition) is 5. The quantitative estimate of drug-likeness (QED) is 0.644. The van der Waals surface area contributed by atoms with E-state index in [1.54, 1.807) is 19.3 Å². The van der Waals surface area contributed by atoms with Gasteiger partial charge >= 0.3 is 0 Å². The fraction of sp³-hybridized carbons (Fsp3) is 0.364. The molecular formula is C22H26N4O2S. The van der Waals surface area contributed by atoms with Crippen LogP contribution in [0.2, 0.25) is 0 Å². The van der Waals surface area contributed by atoms with Crippen molar-refractivity contribution in [3.8, 4) is 0 Å². The molecule has 152 valence electrons. The highest BCUT2D eigenvalue weighted by Gasteiger charge is 2.28. The first-order valence-electron chi connectivity index (χ1n) is 9.92. The number of hydrogen-bond donors (Lipinski definition) is 0. The average molecular weight is 411 g/mol. The van der Waals surface area contributed by atoms with Crippen LogP contribution in [-0.4, -0.2) is 49.4 Å². The van der Waals surface area contributed by atoms with E-state index >= 15 is 0 Å². The molecule has 0 atom stereocenters. The van der Waals surface area contributed by atoms with Crippen LogP contribution in [0.1, 0.15) is 18.4 Å². The van der Waals surface area contributed by atoms with Gasteiger partial charge < -0.3 is 4.90 Å². The number of benzene rings is 1. The highest BCUT2D eigenvalue weighted by atomic mass is 32.2. The van der Waals surface area contributed by atoms with Gasteiger partial charge in [0.1, 0.15) is 4.90 Å². The minimum absolute atomic E-state index is 0.296. The van der Waals surface area contributed by atoms with Crippen LogP contribution in [0, 0.1) is 12.8 Å².